The average Bonchev–Trinajstić information content (AvgIpc) is 3.27. The molecule has 0 aliphatic heterocycles. The molecule has 0 aliphatic carbocycles. The van der Waals surface area contributed by atoms with Crippen LogP contribution in [-0.2, 0) is 26.2 Å². The van der Waals surface area contributed by atoms with Gasteiger partial charge in [0.2, 0.25) is 0 Å². The van der Waals surface area contributed by atoms with E-state index in [1.807, 2.05) is 0 Å². The summed E-state index contributed by atoms with van der Waals surface area (Å²) >= 11 is 7.39. The number of benzene rings is 1. The van der Waals surface area contributed by atoms with Crippen molar-refractivity contribution in [2.75, 3.05) is 18.4 Å². The number of fused-ring (bicyclic) bond motifs is 1. The summed E-state index contributed by atoms with van der Waals surface area (Å²) in [5.41, 5.74) is 0.946. The minimum absolute atomic E-state index is 0.0196. The molecule has 0 fully saturated rings. The molecule has 3 aromatic rings. The van der Waals surface area contributed by atoms with Crippen LogP contribution in [0.3, 0.4) is 0 Å². The number of carbonyl (C=O) groups is 1. The number of hydrogen-bond donors (Lipinski definition) is 1. The number of rotatable bonds is 7. The van der Waals surface area contributed by atoms with Crippen LogP contribution in [0.15, 0.2) is 39.9 Å². The standard InChI is InChI=1S/C17H17ClN2O5S2/c1-3-25-17(21)14-9-11-12(18)6-7-13(16(11)20(14)10-24-2)19-27(22,23)15-5-4-8-26-15/h4-9,19H,3,10H2,1-2H3. The molecule has 7 nitrogen and oxygen atoms in total. The van der Waals surface area contributed by atoms with Crippen LogP contribution in [0.4, 0.5) is 5.69 Å². The van der Waals surface area contributed by atoms with Gasteiger partial charge >= 0.3 is 5.97 Å². The maximum absolute atomic E-state index is 12.6. The van der Waals surface area contributed by atoms with E-state index in [4.69, 9.17) is 21.1 Å². The van der Waals surface area contributed by atoms with Crippen molar-refractivity contribution in [2.24, 2.45) is 0 Å². The zero-order chi connectivity index (χ0) is 19.6. The highest BCUT2D eigenvalue weighted by atomic mass is 35.5. The molecule has 10 heteroatoms. The maximum Gasteiger partial charge on any atom is 0.355 e. The van der Waals surface area contributed by atoms with Gasteiger partial charge in [-0.15, -0.1) is 11.3 Å². The summed E-state index contributed by atoms with van der Waals surface area (Å²) in [4.78, 5) is 12.3. The van der Waals surface area contributed by atoms with Crippen molar-refractivity contribution in [3.63, 3.8) is 0 Å². The van der Waals surface area contributed by atoms with Gasteiger partial charge in [-0.1, -0.05) is 17.7 Å². The van der Waals surface area contributed by atoms with E-state index in [0.29, 0.717) is 15.9 Å². The van der Waals surface area contributed by atoms with E-state index >= 15 is 0 Å². The Labute approximate surface area is 165 Å². The lowest BCUT2D eigenvalue weighted by molar-refractivity contribution is 0.0496. The fourth-order valence-corrected chi connectivity index (χ4v) is 4.94. The summed E-state index contributed by atoms with van der Waals surface area (Å²) in [7, 11) is -2.30. The molecule has 27 heavy (non-hydrogen) atoms. The zero-order valence-electron chi connectivity index (χ0n) is 14.6. The normalized spacial score (nSPS) is 11.7. The third kappa shape index (κ3) is 3.81. The van der Waals surface area contributed by atoms with Crippen LogP contribution in [0.5, 0.6) is 0 Å². The van der Waals surface area contributed by atoms with Crippen molar-refractivity contribution in [3.05, 3.63) is 46.4 Å². The van der Waals surface area contributed by atoms with Gasteiger partial charge in [0.25, 0.3) is 10.0 Å². The minimum Gasteiger partial charge on any atom is -0.461 e. The third-order valence-electron chi connectivity index (χ3n) is 3.75. The zero-order valence-corrected chi connectivity index (χ0v) is 17.0. The van der Waals surface area contributed by atoms with Crippen molar-refractivity contribution in [3.8, 4) is 0 Å². The highest BCUT2D eigenvalue weighted by molar-refractivity contribution is 7.94. The summed E-state index contributed by atoms with van der Waals surface area (Å²) in [5.74, 6) is -0.547. The van der Waals surface area contributed by atoms with Crippen molar-refractivity contribution >= 4 is 55.5 Å². The van der Waals surface area contributed by atoms with Gasteiger partial charge in [-0.05, 0) is 36.6 Å². The summed E-state index contributed by atoms with van der Waals surface area (Å²) in [6.07, 6.45) is 0. The van der Waals surface area contributed by atoms with E-state index in [1.54, 1.807) is 36.6 Å². The SMILES string of the molecule is CCOC(=O)c1cc2c(Cl)ccc(NS(=O)(=O)c3cccs3)c2n1COC. The molecule has 0 unspecified atom stereocenters. The van der Waals surface area contributed by atoms with E-state index in [0.717, 1.165) is 11.3 Å². The molecule has 144 valence electrons. The number of sulfonamides is 1. The number of nitrogens with zero attached hydrogens (tertiary/aromatic N) is 1. The fourth-order valence-electron chi connectivity index (χ4n) is 2.68. The number of halogens is 1. The van der Waals surface area contributed by atoms with E-state index in [1.165, 1.54) is 17.7 Å². The summed E-state index contributed by atoms with van der Waals surface area (Å²) < 4.78 is 39.8. The lowest BCUT2D eigenvalue weighted by Crippen LogP contribution is -2.15. The van der Waals surface area contributed by atoms with Gasteiger partial charge < -0.3 is 14.0 Å². The maximum atomic E-state index is 12.6. The van der Waals surface area contributed by atoms with Gasteiger partial charge in [0.15, 0.2) is 0 Å². The van der Waals surface area contributed by atoms with Gasteiger partial charge in [-0.25, -0.2) is 13.2 Å². The smallest absolute Gasteiger partial charge is 0.355 e. The molecular weight excluding hydrogens is 412 g/mol. The lowest BCUT2D eigenvalue weighted by Gasteiger charge is -2.13. The number of carbonyl (C=O) groups excluding carboxylic acids is 1. The topological polar surface area (TPSA) is 86.6 Å². The van der Waals surface area contributed by atoms with Crippen molar-refractivity contribution < 1.29 is 22.7 Å². The molecule has 2 heterocycles. The second-order valence-corrected chi connectivity index (χ2v) is 8.75. The number of hydrogen-bond acceptors (Lipinski definition) is 6. The monoisotopic (exact) mass is 428 g/mol. The second kappa shape index (κ2) is 7.89. The van der Waals surface area contributed by atoms with Crippen LogP contribution in [0.2, 0.25) is 5.02 Å². The molecule has 0 amide bonds. The third-order valence-corrected chi connectivity index (χ3v) is 6.85. The van der Waals surface area contributed by atoms with Gasteiger partial charge in [-0.3, -0.25) is 4.72 Å². The van der Waals surface area contributed by atoms with Gasteiger partial charge in [0.05, 0.1) is 22.8 Å². The summed E-state index contributed by atoms with van der Waals surface area (Å²) in [6, 6.07) is 7.86. The van der Waals surface area contributed by atoms with Gasteiger partial charge in [0.1, 0.15) is 16.6 Å². The molecule has 0 atom stereocenters. The molecule has 0 saturated heterocycles. The average molecular weight is 429 g/mol. The Morgan fingerprint density at radius 1 is 1.33 bits per heavy atom. The first-order chi connectivity index (χ1) is 12.9. The first-order valence-electron chi connectivity index (χ1n) is 7.93. The van der Waals surface area contributed by atoms with Crippen LogP contribution < -0.4 is 4.72 Å². The van der Waals surface area contributed by atoms with E-state index in [2.05, 4.69) is 4.72 Å². The minimum atomic E-state index is -3.77. The Hall–Kier alpha value is -2.07. The lowest BCUT2D eigenvalue weighted by atomic mass is 10.2. The van der Waals surface area contributed by atoms with Crippen LogP contribution in [-0.4, -0.2) is 32.7 Å². The first kappa shape index (κ1) is 19.7. The number of anilines is 1. The van der Waals surface area contributed by atoms with E-state index in [-0.39, 0.29) is 28.9 Å². The van der Waals surface area contributed by atoms with Crippen LogP contribution in [0, 0.1) is 0 Å². The van der Waals surface area contributed by atoms with Gasteiger partial charge in [-0.2, -0.15) is 0 Å². The number of thiophene rings is 1. The number of nitrogens with one attached hydrogen (secondary N) is 1. The molecule has 0 spiro atoms. The van der Waals surface area contributed by atoms with Crippen LogP contribution >= 0.6 is 22.9 Å². The molecule has 1 aromatic carbocycles. The van der Waals surface area contributed by atoms with Crippen molar-refractivity contribution in [2.45, 2.75) is 17.9 Å². The number of esters is 1. The van der Waals surface area contributed by atoms with Gasteiger partial charge in [0, 0.05) is 12.5 Å². The largest absolute Gasteiger partial charge is 0.461 e. The van der Waals surface area contributed by atoms with Crippen molar-refractivity contribution in [1.82, 2.24) is 4.57 Å². The summed E-state index contributed by atoms with van der Waals surface area (Å²) in [5, 5.41) is 2.58. The second-order valence-electron chi connectivity index (χ2n) is 5.49. The number of ether oxygens (including phenoxy) is 2. The Kier molecular flexibility index (Phi) is 5.75. The first-order valence-corrected chi connectivity index (χ1v) is 10.7. The fraction of sp³-hybridized carbons (Fsp3) is 0.235. The number of methoxy groups -OCH3 is 1. The summed E-state index contributed by atoms with van der Waals surface area (Å²) in [6.45, 7) is 1.93. The predicted octanol–water partition coefficient (Wildman–Crippen LogP) is 3.94. The molecular formula is C17H17ClN2O5S2. The molecule has 1 N–H and O–H groups in total. The van der Waals surface area contributed by atoms with Crippen molar-refractivity contribution in [1.29, 1.82) is 0 Å². The molecule has 0 bridgehead atoms. The Balaban J connectivity index is 2.19. The molecule has 3 rings (SSSR count). The highest BCUT2D eigenvalue weighted by Gasteiger charge is 2.23. The molecule has 0 saturated carbocycles. The Morgan fingerprint density at radius 2 is 2.11 bits per heavy atom. The predicted molar refractivity (Wildman–Crippen MR) is 105 cm³/mol. The quantitative estimate of drug-likeness (QED) is 0.576. The van der Waals surface area contributed by atoms with Crippen LogP contribution in [0.25, 0.3) is 10.9 Å². The highest BCUT2D eigenvalue weighted by Crippen LogP contribution is 2.35. The Morgan fingerprint density at radius 3 is 2.74 bits per heavy atom. The van der Waals surface area contributed by atoms with E-state index in [9.17, 15) is 13.2 Å². The molecule has 0 aliphatic rings. The van der Waals surface area contributed by atoms with E-state index < -0.39 is 16.0 Å². The number of aromatic nitrogens is 1. The molecule has 0 radical (unpaired) electrons. The van der Waals surface area contributed by atoms with Crippen LogP contribution in [0.1, 0.15) is 17.4 Å². The molecule has 2 aromatic heterocycles. The Bertz CT molecular complexity index is 1070.